The maximum absolute atomic E-state index is 2.49. The van der Waals surface area contributed by atoms with Crippen LogP contribution in [0.15, 0.2) is 164 Å². The van der Waals surface area contributed by atoms with Crippen LogP contribution in [0.5, 0.6) is 0 Å². The molecule has 0 N–H and O–H groups in total. The molecule has 7 aromatic carbocycles. The van der Waals surface area contributed by atoms with Gasteiger partial charge < -0.3 is 13.7 Å². The van der Waals surface area contributed by atoms with Gasteiger partial charge in [0.1, 0.15) is 0 Å². The van der Waals surface area contributed by atoms with Crippen LogP contribution in [0.3, 0.4) is 0 Å². The van der Waals surface area contributed by atoms with Crippen molar-refractivity contribution in [2.75, 3.05) is 0 Å². The first-order valence-corrected chi connectivity index (χ1v) is 15.5. The molecule has 0 saturated carbocycles. The Morgan fingerprint density at radius 1 is 0.261 bits per heavy atom. The highest BCUT2D eigenvalue weighted by atomic mass is 15.0. The number of para-hydroxylation sites is 6. The molecule has 0 amide bonds. The fourth-order valence-corrected chi connectivity index (χ4v) is 7.68. The van der Waals surface area contributed by atoms with Crippen molar-refractivity contribution in [3.63, 3.8) is 0 Å². The van der Waals surface area contributed by atoms with Crippen molar-refractivity contribution in [1.82, 2.24) is 13.7 Å². The van der Waals surface area contributed by atoms with Gasteiger partial charge in [-0.3, -0.25) is 0 Å². The molecule has 218 valence electrons. The van der Waals surface area contributed by atoms with Gasteiger partial charge in [-0.05, 0) is 54.6 Å². The molecule has 0 radical (unpaired) electrons. The largest absolute Gasteiger partial charge is 0.308 e. The number of hydrogen-bond donors (Lipinski definition) is 0. The van der Waals surface area contributed by atoms with Crippen molar-refractivity contribution < 1.29 is 0 Å². The van der Waals surface area contributed by atoms with Crippen molar-refractivity contribution in [3.8, 4) is 17.1 Å². The number of fused-ring (bicyclic) bond motifs is 12. The zero-order chi connectivity index (χ0) is 29.5. The lowest BCUT2D eigenvalue weighted by atomic mass is 10.0. The van der Waals surface area contributed by atoms with Gasteiger partial charge >= 0.3 is 0 Å². The van der Waals surface area contributed by atoms with E-state index in [2.05, 4.69) is 177 Å². The Hall–Kier alpha value is -6.06. The Morgan fingerprint density at radius 3 is 0.783 bits per heavy atom. The molecule has 3 heterocycles. The van der Waals surface area contributed by atoms with Crippen LogP contribution in [0.1, 0.15) is 7.43 Å². The molecule has 0 aliphatic carbocycles. The van der Waals surface area contributed by atoms with Crippen LogP contribution in [-0.4, -0.2) is 13.7 Å². The van der Waals surface area contributed by atoms with Crippen molar-refractivity contribution in [2.24, 2.45) is 0 Å². The molecule has 0 saturated heterocycles. The van der Waals surface area contributed by atoms with Gasteiger partial charge in [-0.15, -0.1) is 0 Å². The van der Waals surface area contributed by atoms with Gasteiger partial charge in [0.2, 0.25) is 0 Å². The Morgan fingerprint density at radius 2 is 0.500 bits per heavy atom. The SMILES string of the molecule is C.c1ccc(-n2c3ccccc3c3c2c2c4ccccc4n(-c4ccccc4)c2c2c4ccccc4n(-c4ccccc4)c32)cc1. The summed E-state index contributed by atoms with van der Waals surface area (Å²) in [5.74, 6) is 0. The van der Waals surface area contributed by atoms with E-state index >= 15 is 0 Å². The minimum absolute atomic E-state index is 0. The first-order chi connectivity index (χ1) is 22.4. The summed E-state index contributed by atoms with van der Waals surface area (Å²) in [5, 5.41) is 7.56. The van der Waals surface area contributed by atoms with E-state index in [4.69, 9.17) is 0 Å². The van der Waals surface area contributed by atoms with E-state index in [0.717, 1.165) is 17.1 Å². The topological polar surface area (TPSA) is 14.8 Å². The van der Waals surface area contributed by atoms with Gasteiger partial charge in [0.15, 0.2) is 0 Å². The molecule has 10 aromatic rings. The van der Waals surface area contributed by atoms with Gasteiger partial charge in [-0.25, -0.2) is 0 Å². The highest BCUT2D eigenvalue weighted by Crippen LogP contribution is 2.50. The van der Waals surface area contributed by atoms with Gasteiger partial charge in [0.25, 0.3) is 0 Å². The highest BCUT2D eigenvalue weighted by Gasteiger charge is 2.28. The van der Waals surface area contributed by atoms with E-state index in [-0.39, 0.29) is 7.43 Å². The smallest absolute Gasteiger partial charge is 0.0663 e. The summed E-state index contributed by atoms with van der Waals surface area (Å²) in [5.41, 5.74) is 10.8. The molecule has 0 bridgehead atoms. The molecular weight excluding hydrogens is 558 g/mol. The lowest BCUT2D eigenvalue weighted by Crippen LogP contribution is -1.97. The van der Waals surface area contributed by atoms with E-state index in [1.54, 1.807) is 0 Å². The molecular formula is C43H31N3. The number of hydrogen-bond acceptors (Lipinski definition) is 0. The predicted octanol–water partition coefficient (Wildman–Crippen LogP) is 11.6. The molecule has 0 spiro atoms. The third-order valence-corrected chi connectivity index (χ3v) is 9.38. The second kappa shape index (κ2) is 9.98. The zero-order valence-corrected chi connectivity index (χ0v) is 24.4. The molecule has 0 fully saturated rings. The molecule has 3 heteroatoms. The van der Waals surface area contributed by atoms with E-state index in [0.29, 0.717) is 0 Å². The van der Waals surface area contributed by atoms with Crippen LogP contribution < -0.4 is 0 Å². The first kappa shape index (κ1) is 26.4. The van der Waals surface area contributed by atoms with Crippen LogP contribution in [0, 0.1) is 0 Å². The maximum atomic E-state index is 2.49. The highest BCUT2D eigenvalue weighted by molar-refractivity contribution is 6.40. The van der Waals surface area contributed by atoms with Crippen LogP contribution >= 0.6 is 0 Å². The number of rotatable bonds is 3. The average Bonchev–Trinajstić information content (AvgIpc) is 3.75. The van der Waals surface area contributed by atoms with E-state index in [1.807, 2.05) is 0 Å². The summed E-state index contributed by atoms with van der Waals surface area (Å²) >= 11 is 0. The molecule has 0 unspecified atom stereocenters. The fraction of sp³-hybridized carbons (Fsp3) is 0.0233. The average molecular weight is 590 g/mol. The number of benzene rings is 7. The van der Waals surface area contributed by atoms with Gasteiger partial charge in [0, 0.05) is 49.4 Å². The monoisotopic (exact) mass is 589 g/mol. The third-order valence-electron chi connectivity index (χ3n) is 9.38. The summed E-state index contributed by atoms with van der Waals surface area (Å²) in [4.78, 5) is 0. The van der Waals surface area contributed by atoms with Crippen LogP contribution in [0.2, 0.25) is 0 Å². The van der Waals surface area contributed by atoms with Crippen LogP contribution in [0.4, 0.5) is 0 Å². The number of nitrogens with zero attached hydrogens (tertiary/aromatic N) is 3. The molecule has 0 aliphatic rings. The standard InChI is InChI=1S/C42H27N3.CH4/c1-4-16-28(17-5-1)43-34-25-13-10-22-31(34)37-40(43)38-32-23-11-14-26-35(32)44(29-18-6-2-7-19-29)42(38)39-33-24-12-15-27-36(33)45(41(37)39)30-20-8-3-9-21-30;/h1-27H;1H4. The molecule has 0 atom stereocenters. The zero-order valence-electron chi connectivity index (χ0n) is 24.4. The summed E-state index contributed by atoms with van der Waals surface area (Å²) in [6.45, 7) is 0. The third kappa shape index (κ3) is 3.43. The predicted molar refractivity (Wildman–Crippen MR) is 196 cm³/mol. The molecule has 46 heavy (non-hydrogen) atoms. The Balaban J connectivity index is 0.00000292. The van der Waals surface area contributed by atoms with Gasteiger partial charge in [-0.2, -0.15) is 0 Å². The lowest BCUT2D eigenvalue weighted by Gasteiger charge is -2.13. The summed E-state index contributed by atoms with van der Waals surface area (Å²) in [6.07, 6.45) is 0. The van der Waals surface area contributed by atoms with Crippen molar-refractivity contribution in [1.29, 1.82) is 0 Å². The van der Waals surface area contributed by atoms with Gasteiger partial charge in [0.05, 0.1) is 33.1 Å². The molecule has 10 rings (SSSR count). The van der Waals surface area contributed by atoms with Crippen molar-refractivity contribution in [2.45, 2.75) is 7.43 Å². The lowest BCUT2D eigenvalue weighted by molar-refractivity contribution is 1.17. The van der Waals surface area contributed by atoms with Crippen LogP contribution in [-0.2, 0) is 0 Å². The van der Waals surface area contributed by atoms with Gasteiger partial charge in [-0.1, -0.05) is 117 Å². The normalized spacial score (nSPS) is 11.7. The van der Waals surface area contributed by atoms with Crippen LogP contribution in [0.25, 0.3) is 82.5 Å². The fourth-order valence-electron chi connectivity index (χ4n) is 7.68. The quantitative estimate of drug-likeness (QED) is 0.195. The second-order valence-electron chi connectivity index (χ2n) is 11.7. The molecule has 3 aromatic heterocycles. The maximum Gasteiger partial charge on any atom is 0.0663 e. The Labute approximate surface area is 266 Å². The first-order valence-electron chi connectivity index (χ1n) is 15.5. The minimum atomic E-state index is 0. The Kier molecular flexibility index (Phi) is 5.72. The van der Waals surface area contributed by atoms with Crippen molar-refractivity contribution >= 4 is 65.4 Å². The summed E-state index contributed by atoms with van der Waals surface area (Å²) in [6, 6.07) is 59.2. The number of aromatic nitrogens is 3. The summed E-state index contributed by atoms with van der Waals surface area (Å²) in [7, 11) is 0. The molecule has 0 aliphatic heterocycles. The van der Waals surface area contributed by atoms with E-state index < -0.39 is 0 Å². The van der Waals surface area contributed by atoms with E-state index in [1.165, 1.54) is 65.4 Å². The minimum Gasteiger partial charge on any atom is -0.308 e. The second-order valence-corrected chi connectivity index (χ2v) is 11.7. The van der Waals surface area contributed by atoms with Crippen molar-refractivity contribution in [3.05, 3.63) is 164 Å². The summed E-state index contributed by atoms with van der Waals surface area (Å²) < 4.78 is 7.46. The van der Waals surface area contributed by atoms with E-state index in [9.17, 15) is 0 Å². The molecule has 3 nitrogen and oxygen atoms in total. The Bertz CT molecular complexity index is 2390.